The Morgan fingerprint density at radius 2 is 2.11 bits per heavy atom. The molecule has 0 spiro atoms. The van der Waals surface area contributed by atoms with Crippen molar-refractivity contribution in [2.24, 2.45) is 0 Å². The second-order valence-corrected chi connectivity index (χ2v) is 4.57. The third-order valence-corrected chi connectivity index (χ3v) is 3.11. The van der Waals surface area contributed by atoms with Crippen molar-refractivity contribution in [1.82, 2.24) is 4.98 Å². The van der Waals surface area contributed by atoms with E-state index in [2.05, 4.69) is 10.3 Å². The van der Waals surface area contributed by atoms with Gasteiger partial charge in [-0.05, 0) is 17.7 Å². The van der Waals surface area contributed by atoms with E-state index in [1.807, 2.05) is 0 Å². The van der Waals surface area contributed by atoms with Crippen LogP contribution in [0.15, 0.2) is 29.6 Å². The summed E-state index contributed by atoms with van der Waals surface area (Å²) in [5, 5.41) is 25.0. The molecular weight excluding hydrogens is 252 g/mol. The summed E-state index contributed by atoms with van der Waals surface area (Å²) in [5.41, 5.74) is 1.50. The number of nitrogens with zero attached hydrogens (tertiary/aromatic N) is 1. The van der Waals surface area contributed by atoms with Crippen LogP contribution in [0.25, 0.3) is 0 Å². The number of phenols is 1. The zero-order chi connectivity index (χ0) is 13.0. The molecule has 0 aliphatic heterocycles. The number of anilines is 1. The van der Waals surface area contributed by atoms with E-state index in [-0.39, 0.29) is 12.2 Å². The first-order chi connectivity index (χ1) is 8.63. The Kier molecular flexibility index (Phi) is 3.78. The summed E-state index contributed by atoms with van der Waals surface area (Å²) in [4.78, 5) is 14.5. The minimum absolute atomic E-state index is 0.169. The summed E-state index contributed by atoms with van der Waals surface area (Å²) >= 11 is 1.35. The molecule has 1 heterocycles. The first-order valence-corrected chi connectivity index (χ1v) is 6.17. The van der Waals surface area contributed by atoms with Crippen LogP contribution < -0.4 is 10.4 Å². The number of phenolic OH excluding ortho intramolecular Hbond substituents is 1. The zero-order valence-electron chi connectivity index (χ0n) is 9.42. The highest BCUT2D eigenvalue weighted by atomic mass is 32.1. The third kappa shape index (κ3) is 3.46. The largest absolute Gasteiger partial charge is 0.550 e. The van der Waals surface area contributed by atoms with Gasteiger partial charge in [0.2, 0.25) is 0 Å². The number of carbonyl (C=O) groups is 1. The van der Waals surface area contributed by atoms with Crippen LogP contribution in [0.2, 0.25) is 0 Å². The highest BCUT2D eigenvalue weighted by Crippen LogP contribution is 2.17. The number of rotatable bonds is 5. The summed E-state index contributed by atoms with van der Waals surface area (Å²) in [5.74, 6) is -0.908. The van der Waals surface area contributed by atoms with Gasteiger partial charge in [0.15, 0.2) is 5.13 Å². The summed E-state index contributed by atoms with van der Waals surface area (Å²) in [7, 11) is 0. The van der Waals surface area contributed by atoms with Gasteiger partial charge in [-0.15, -0.1) is 11.3 Å². The average Bonchev–Trinajstić information content (AvgIpc) is 2.75. The molecule has 0 saturated heterocycles. The number of carboxylic acids is 1. The van der Waals surface area contributed by atoms with Crippen LogP contribution in [-0.2, 0) is 17.8 Å². The molecule has 2 aromatic rings. The van der Waals surface area contributed by atoms with Crippen molar-refractivity contribution in [3.05, 3.63) is 40.9 Å². The standard InChI is InChI=1S/C12H12N2O3S/c15-10-3-1-8(2-4-10)6-13-12-14-9(7-18-12)5-11(16)17/h1-4,7,15H,5-6H2,(H,13,14)(H,16,17)/p-1. The predicted molar refractivity (Wildman–Crippen MR) is 66.3 cm³/mol. The van der Waals surface area contributed by atoms with Gasteiger partial charge in [-0.1, -0.05) is 12.1 Å². The third-order valence-electron chi connectivity index (χ3n) is 2.26. The van der Waals surface area contributed by atoms with Crippen LogP contribution in [0.1, 0.15) is 11.3 Å². The lowest BCUT2D eigenvalue weighted by Gasteiger charge is -2.03. The number of benzene rings is 1. The molecule has 0 atom stereocenters. The minimum Gasteiger partial charge on any atom is -0.550 e. The predicted octanol–water partition coefficient (Wildman–Crippen LogP) is 0.753. The van der Waals surface area contributed by atoms with E-state index in [0.717, 1.165) is 5.56 Å². The molecule has 0 amide bonds. The zero-order valence-corrected chi connectivity index (χ0v) is 10.2. The van der Waals surface area contributed by atoms with E-state index in [1.165, 1.54) is 11.3 Å². The first-order valence-electron chi connectivity index (χ1n) is 5.29. The fourth-order valence-corrected chi connectivity index (χ4v) is 2.12. The van der Waals surface area contributed by atoms with Gasteiger partial charge in [0, 0.05) is 24.3 Å². The summed E-state index contributed by atoms with van der Waals surface area (Å²) in [6, 6.07) is 6.83. The second kappa shape index (κ2) is 5.50. The molecule has 1 aromatic heterocycles. The molecule has 94 valence electrons. The van der Waals surface area contributed by atoms with Gasteiger partial charge < -0.3 is 20.3 Å². The smallest absolute Gasteiger partial charge is 0.183 e. The Balaban J connectivity index is 1.92. The van der Waals surface area contributed by atoms with Crippen molar-refractivity contribution in [2.75, 3.05) is 5.32 Å². The lowest BCUT2D eigenvalue weighted by Crippen LogP contribution is -2.24. The number of hydrogen-bond donors (Lipinski definition) is 2. The monoisotopic (exact) mass is 263 g/mol. The van der Waals surface area contributed by atoms with Crippen LogP contribution in [0.5, 0.6) is 5.75 Å². The number of hydrogen-bond acceptors (Lipinski definition) is 6. The lowest BCUT2D eigenvalue weighted by atomic mass is 10.2. The molecule has 2 rings (SSSR count). The van der Waals surface area contributed by atoms with E-state index >= 15 is 0 Å². The molecule has 0 radical (unpaired) electrons. The maximum atomic E-state index is 10.4. The number of carbonyl (C=O) groups excluding carboxylic acids is 1. The van der Waals surface area contributed by atoms with E-state index < -0.39 is 5.97 Å². The Hall–Kier alpha value is -2.08. The minimum atomic E-state index is -1.13. The quantitative estimate of drug-likeness (QED) is 0.831. The van der Waals surface area contributed by atoms with Crippen molar-refractivity contribution in [2.45, 2.75) is 13.0 Å². The normalized spacial score (nSPS) is 10.2. The molecule has 1 aromatic carbocycles. The molecule has 0 fully saturated rings. The number of aromatic nitrogens is 1. The van der Waals surface area contributed by atoms with Gasteiger partial charge in [-0.2, -0.15) is 0 Å². The molecule has 0 aliphatic rings. The average molecular weight is 263 g/mol. The molecule has 0 aliphatic carbocycles. The second-order valence-electron chi connectivity index (χ2n) is 3.71. The van der Waals surface area contributed by atoms with Gasteiger partial charge in [0.25, 0.3) is 0 Å². The maximum Gasteiger partial charge on any atom is 0.183 e. The highest BCUT2D eigenvalue weighted by molar-refractivity contribution is 7.13. The topological polar surface area (TPSA) is 85.3 Å². The van der Waals surface area contributed by atoms with Crippen molar-refractivity contribution in [3.8, 4) is 5.75 Å². The summed E-state index contributed by atoms with van der Waals surface area (Å²) in [6.07, 6.45) is -0.169. The Morgan fingerprint density at radius 3 is 2.78 bits per heavy atom. The SMILES string of the molecule is O=C([O-])Cc1csc(NCc2ccc(O)cc2)n1. The molecule has 6 heteroatoms. The van der Waals surface area contributed by atoms with Crippen LogP contribution in [0.3, 0.4) is 0 Å². The van der Waals surface area contributed by atoms with Crippen molar-refractivity contribution < 1.29 is 15.0 Å². The van der Waals surface area contributed by atoms with Gasteiger partial charge in [0.1, 0.15) is 5.75 Å². The van der Waals surface area contributed by atoms with Gasteiger partial charge in [0.05, 0.1) is 5.69 Å². The van der Waals surface area contributed by atoms with Crippen LogP contribution in [0.4, 0.5) is 5.13 Å². The molecular formula is C12H11N2O3S-. The molecule has 2 N–H and O–H groups in total. The molecule has 0 unspecified atom stereocenters. The number of aliphatic carboxylic acids is 1. The number of aromatic hydroxyl groups is 1. The van der Waals surface area contributed by atoms with Crippen LogP contribution >= 0.6 is 11.3 Å². The van der Waals surface area contributed by atoms with E-state index in [9.17, 15) is 9.90 Å². The van der Waals surface area contributed by atoms with E-state index in [0.29, 0.717) is 17.4 Å². The van der Waals surface area contributed by atoms with Crippen LogP contribution in [-0.4, -0.2) is 16.1 Å². The fraction of sp³-hybridized carbons (Fsp3) is 0.167. The Morgan fingerprint density at radius 1 is 1.39 bits per heavy atom. The summed E-state index contributed by atoms with van der Waals surface area (Å²) in [6.45, 7) is 0.568. The Bertz CT molecular complexity index is 537. The Labute approximate surface area is 108 Å². The maximum absolute atomic E-state index is 10.4. The highest BCUT2D eigenvalue weighted by Gasteiger charge is 2.02. The van der Waals surface area contributed by atoms with Gasteiger partial charge in [-0.3, -0.25) is 0 Å². The van der Waals surface area contributed by atoms with Gasteiger partial charge in [-0.25, -0.2) is 4.98 Å². The number of thiazole rings is 1. The van der Waals surface area contributed by atoms with Crippen molar-refractivity contribution in [3.63, 3.8) is 0 Å². The molecule has 18 heavy (non-hydrogen) atoms. The van der Waals surface area contributed by atoms with Crippen molar-refractivity contribution >= 4 is 22.4 Å². The number of carboxylic acid groups (broad SMARTS) is 1. The van der Waals surface area contributed by atoms with Gasteiger partial charge >= 0.3 is 0 Å². The molecule has 0 bridgehead atoms. The van der Waals surface area contributed by atoms with Crippen LogP contribution in [0, 0.1) is 0 Å². The van der Waals surface area contributed by atoms with Crippen molar-refractivity contribution in [1.29, 1.82) is 0 Å². The lowest BCUT2D eigenvalue weighted by molar-refractivity contribution is -0.304. The summed E-state index contributed by atoms with van der Waals surface area (Å²) < 4.78 is 0. The van der Waals surface area contributed by atoms with E-state index in [1.54, 1.807) is 29.6 Å². The molecule has 0 saturated carbocycles. The molecule has 5 nitrogen and oxygen atoms in total. The van der Waals surface area contributed by atoms with E-state index in [4.69, 9.17) is 5.11 Å². The fourth-order valence-electron chi connectivity index (χ4n) is 1.41. The number of nitrogens with one attached hydrogen (secondary N) is 1. The first kappa shape index (κ1) is 12.4.